The molecule has 0 saturated heterocycles. The zero-order valence-electron chi connectivity index (χ0n) is 14.6. The van der Waals surface area contributed by atoms with E-state index >= 15 is 0 Å². The van der Waals surface area contributed by atoms with E-state index in [-0.39, 0.29) is 0 Å². The number of rotatable bonds is 7. The van der Waals surface area contributed by atoms with Crippen molar-refractivity contribution in [2.24, 2.45) is 17.8 Å². The molecule has 3 nitrogen and oxygen atoms in total. The molecule has 1 rings (SSSR count). The van der Waals surface area contributed by atoms with Crippen LogP contribution in [0.15, 0.2) is 0 Å². The lowest BCUT2D eigenvalue weighted by molar-refractivity contribution is 0.222. The third-order valence-corrected chi connectivity index (χ3v) is 7.36. The average Bonchev–Trinajstić information content (AvgIpc) is 2.36. The lowest BCUT2D eigenvalue weighted by Gasteiger charge is -2.32. The maximum Gasteiger partial charge on any atom is 0.155 e. The summed E-state index contributed by atoms with van der Waals surface area (Å²) in [6.45, 7) is 12.0. The Hall–Kier alpha value is -0.0900. The van der Waals surface area contributed by atoms with Crippen molar-refractivity contribution in [3.8, 4) is 0 Å². The summed E-state index contributed by atoms with van der Waals surface area (Å²) in [5.74, 6) is 2.26. The van der Waals surface area contributed by atoms with Crippen LogP contribution < -0.4 is 5.32 Å². The molecule has 1 fully saturated rings. The topological polar surface area (TPSA) is 46.2 Å². The first-order chi connectivity index (χ1) is 9.63. The van der Waals surface area contributed by atoms with Crippen LogP contribution in [0.3, 0.4) is 0 Å². The van der Waals surface area contributed by atoms with Gasteiger partial charge < -0.3 is 5.32 Å². The second kappa shape index (κ2) is 7.96. The first kappa shape index (κ1) is 19.0. The van der Waals surface area contributed by atoms with Crippen molar-refractivity contribution in [1.29, 1.82) is 0 Å². The van der Waals surface area contributed by atoms with Gasteiger partial charge in [0.15, 0.2) is 9.84 Å². The maximum absolute atomic E-state index is 12.3. The highest BCUT2D eigenvalue weighted by molar-refractivity contribution is 7.92. The van der Waals surface area contributed by atoms with Crippen molar-refractivity contribution >= 4 is 9.84 Å². The number of sulfone groups is 1. The minimum Gasteiger partial charge on any atom is -0.316 e. The van der Waals surface area contributed by atoms with E-state index in [0.717, 1.165) is 19.5 Å². The van der Waals surface area contributed by atoms with Crippen molar-refractivity contribution < 1.29 is 8.42 Å². The van der Waals surface area contributed by atoms with Gasteiger partial charge in [0.25, 0.3) is 0 Å². The molecule has 4 heteroatoms. The standard InChI is InChI=1S/C17H35NO2S/c1-14(2)12-18-13-16-9-7-6-8-15(16)10-11-21(19,20)17(3,4)5/h14-16,18H,6-13H2,1-5H3. The first-order valence-corrected chi connectivity index (χ1v) is 10.2. The van der Waals surface area contributed by atoms with E-state index in [1.165, 1.54) is 25.7 Å². The Bertz CT molecular complexity index is 396. The minimum absolute atomic E-state index is 0.349. The summed E-state index contributed by atoms with van der Waals surface area (Å²) in [7, 11) is -2.97. The molecular weight excluding hydrogens is 282 g/mol. The molecule has 0 heterocycles. The van der Waals surface area contributed by atoms with Crippen LogP contribution >= 0.6 is 0 Å². The molecule has 1 N–H and O–H groups in total. The summed E-state index contributed by atoms with van der Waals surface area (Å²) < 4.78 is 24.0. The van der Waals surface area contributed by atoms with E-state index in [1.807, 2.05) is 20.8 Å². The third kappa shape index (κ3) is 6.27. The SMILES string of the molecule is CC(C)CNCC1CCCCC1CCS(=O)(=O)C(C)(C)C. The van der Waals surface area contributed by atoms with Gasteiger partial charge in [0.2, 0.25) is 0 Å². The predicted molar refractivity (Wildman–Crippen MR) is 91.3 cm³/mol. The lowest BCUT2D eigenvalue weighted by atomic mass is 9.78. The van der Waals surface area contributed by atoms with Crippen LogP contribution in [0.25, 0.3) is 0 Å². The van der Waals surface area contributed by atoms with E-state index in [9.17, 15) is 8.42 Å². The summed E-state index contributed by atoms with van der Waals surface area (Å²) in [5.41, 5.74) is 0. The fraction of sp³-hybridized carbons (Fsp3) is 1.00. The molecule has 1 aliphatic rings. The highest BCUT2D eigenvalue weighted by Gasteiger charge is 2.31. The molecule has 1 aliphatic carbocycles. The Morgan fingerprint density at radius 1 is 1.10 bits per heavy atom. The second-order valence-corrected chi connectivity index (χ2v) is 10.9. The Kier molecular flexibility index (Phi) is 7.18. The third-order valence-electron chi connectivity index (χ3n) is 4.72. The van der Waals surface area contributed by atoms with Gasteiger partial charge in [-0.25, -0.2) is 8.42 Å². The first-order valence-electron chi connectivity index (χ1n) is 8.56. The molecule has 0 amide bonds. The Labute approximate surface area is 132 Å². The van der Waals surface area contributed by atoms with Gasteiger partial charge in [-0.15, -0.1) is 0 Å². The Morgan fingerprint density at radius 3 is 2.19 bits per heavy atom. The van der Waals surface area contributed by atoms with Gasteiger partial charge in [-0.1, -0.05) is 33.1 Å². The quantitative estimate of drug-likeness (QED) is 0.780. The molecule has 0 bridgehead atoms. The smallest absolute Gasteiger partial charge is 0.155 e. The minimum atomic E-state index is -2.97. The molecule has 0 aliphatic heterocycles. The number of hydrogen-bond donors (Lipinski definition) is 1. The zero-order chi connectivity index (χ0) is 16.1. The maximum atomic E-state index is 12.3. The average molecular weight is 318 g/mol. The van der Waals surface area contributed by atoms with E-state index in [0.29, 0.717) is 23.5 Å². The molecule has 0 aromatic carbocycles. The summed E-state index contributed by atoms with van der Waals surface area (Å²) in [5, 5.41) is 3.56. The summed E-state index contributed by atoms with van der Waals surface area (Å²) in [6.07, 6.45) is 5.87. The van der Waals surface area contributed by atoms with E-state index in [2.05, 4.69) is 19.2 Å². The van der Waals surface area contributed by atoms with E-state index in [4.69, 9.17) is 0 Å². The van der Waals surface area contributed by atoms with Crippen molar-refractivity contribution in [3.05, 3.63) is 0 Å². The van der Waals surface area contributed by atoms with E-state index < -0.39 is 14.6 Å². The molecule has 21 heavy (non-hydrogen) atoms. The van der Waals surface area contributed by atoms with Gasteiger partial charge in [-0.05, 0) is 64.5 Å². The van der Waals surface area contributed by atoms with Crippen molar-refractivity contribution in [3.63, 3.8) is 0 Å². The van der Waals surface area contributed by atoms with Crippen molar-refractivity contribution in [2.75, 3.05) is 18.8 Å². The predicted octanol–water partition coefficient (Wildman–Crippen LogP) is 3.64. The van der Waals surface area contributed by atoms with Gasteiger partial charge in [0.1, 0.15) is 0 Å². The molecule has 0 aromatic rings. The van der Waals surface area contributed by atoms with Crippen LogP contribution in [0.4, 0.5) is 0 Å². The van der Waals surface area contributed by atoms with Gasteiger partial charge in [-0.3, -0.25) is 0 Å². The molecule has 2 unspecified atom stereocenters. The van der Waals surface area contributed by atoms with Gasteiger partial charge in [-0.2, -0.15) is 0 Å². The van der Waals surface area contributed by atoms with Crippen LogP contribution in [-0.4, -0.2) is 32.0 Å². The fourth-order valence-corrected chi connectivity index (χ4v) is 4.33. The zero-order valence-corrected chi connectivity index (χ0v) is 15.4. The second-order valence-electron chi connectivity index (χ2n) is 8.08. The molecular formula is C17H35NO2S. The van der Waals surface area contributed by atoms with Crippen LogP contribution in [-0.2, 0) is 9.84 Å². The van der Waals surface area contributed by atoms with Gasteiger partial charge in [0.05, 0.1) is 10.5 Å². The largest absolute Gasteiger partial charge is 0.316 e. The van der Waals surface area contributed by atoms with Crippen LogP contribution in [0.5, 0.6) is 0 Å². The molecule has 0 spiro atoms. The van der Waals surface area contributed by atoms with Gasteiger partial charge in [0, 0.05) is 0 Å². The molecule has 2 atom stereocenters. The highest BCUT2D eigenvalue weighted by atomic mass is 32.2. The lowest BCUT2D eigenvalue weighted by Crippen LogP contribution is -2.35. The summed E-state index contributed by atoms with van der Waals surface area (Å²) in [4.78, 5) is 0. The van der Waals surface area contributed by atoms with Gasteiger partial charge >= 0.3 is 0 Å². The molecule has 0 aromatic heterocycles. The molecule has 126 valence electrons. The normalized spacial score (nSPS) is 24.5. The van der Waals surface area contributed by atoms with Crippen molar-refractivity contribution in [2.45, 2.75) is 71.5 Å². The monoisotopic (exact) mass is 317 g/mol. The Balaban J connectivity index is 2.50. The fourth-order valence-electron chi connectivity index (χ4n) is 3.10. The number of nitrogens with one attached hydrogen (secondary N) is 1. The van der Waals surface area contributed by atoms with Crippen LogP contribution in [0.1, 0.15) is 66.7 Å². The Morgan fingerprint density at radius 2 is 1.67 bits per heavy atom. The van der Waals surface area contributed by atoms with Crippen molar-refractivity contribution in [1.82, 2.24) is 5.32 Å². The highest BCUT2D eigenvalue weighted by Crippen LogP contribution is 2.33. The molecule has 0 radical (unpaired) electrons. The van der Waals surface area contributed by atoms with Crippen LogP contribution in [0, 0.1) is 17.8 Å². The number of hydrogen-bond acceptors (Lipinski definition) is 3. The summed E-state index contributed by atoms with van der Waals surface area (Å²) >= 11 is 0. The van der Waals surface area contributed by atoms with E-state index in [1.54, 1.807) is 0 Å². The molecule has 1 saturated carbocycles. The van der Waals surface area contributed by atoms with Crippen LogP contribution in [0.2, 0.25) is 0 Å². The summed E-state index contributed by atoms with van der Waals surface area (Å²) in [6, 6.07) is 0.